The molecule has 1 aliphatic heterocycles. The van der Waals surface area contributed by atoms with Crippen LogP contribution >= 0.6 is 0 Å². The fourth-order valence-corrected chi connectivity index (χ4v) is 4.15. The van der Waals surface area contributed by atoms with Crippen LogP contribution in [0, 0.1) is 23.7 Å². The number of nitriles is 1. The summed E-state index contributed by atoms with van der Waals surface area (Å²) in [5, 5.41) is 16.7. The lowest BCUT2D eigenvalue weighted by molar-refractivity contribution is -0.118. The molecule has 1 aromatic carbocycles. The van der Waals surface area contributed by atoms with E-state index in [1.165, 1.54) is 6.33 Å². The first-order valence-corrected chi connectivity index (χ1v) is 9.20. The van der Waals surface area contributed by atoms with E-state index in [2.05, 4.69) is 35.1 Å². The summed E-state index contributed by atoms with van der Waals surface area (Å²) in [6.07, 6.45) is 2.46. The number of allylic oxidation sites excluding steroid dienone is 3. The number of Topliss-reactive ketones (excluding diaryl/α,β-unsaturated/α-hetero) is 1. The maximum Gasteiger partial charge on any atom is 0.231 e. The lowest BCUT2D eigenvalue weighted by Crippen LogP contribution is -2.42. The highest BCUT2D eigenvalue weighted by Gasteiger charge is 2.45. The summed E-state index contributed by atoms with van der Waals surface area (Å²) in [6.45, 7) is 6.13. The molecule has 7 heteroatoms. The number of nitrogens with one attached hydrogen (secondary N) is 1. The molecule has 1 aromatic heterocycles. The Kier molecular flexibility index (Phi) is 4.07. The molecule has 1 atom stereocenters. The standard InChI is InChI=1S/C21H22N6O/c1-12-4-6-13(7-5-12)17-14(10-22)19(23)27(20-24-11-25-26-20)15-8-21(2,3)9-16(28)18(15)17/h4-7,11,17H,8-9,23H2,1-3H3,(H,24,25,26). The number of ketones is 1. The predicted molar refractivity (Wildman–Crippen MR) is 105 cm³/mol. The maximum absolute atomic E-state index is 13.3. The summed E-state index contributed by atoms with van der Waals surface area (Å²) < 4.78 is 0. The Bertz CT molecular complexity index is 1040. The summed E-state index contributed by atoms with van der Waals surface area (Å²) in [6, 6.07) is 10.2. The molecule has 0 bridgehead atoms. The summed E-state index contributed by atoms with van der Waals surface area (Å²) in [7, 11) is 0. The third-order valence-electron chi connectivity index (χ3n) is 5.41. The highest BCUT2D eigenvalue weighted by molar-refractivity contribution is 6.01. The Labute approximate surface area is 163 Å². The zero-order valence-corrected chi connectivity index (χ0v) is 16.2. The van der Waals surface area contributed by atoms with Gasteiger partial charge in [0.05, 0.1) is 17.6 Å². The lowest BCUT2D eigenvalue weighted by atomic mass is 9.68. The zero-order valence-electron chi connectivity index (χ0n) is 16.2. The van der Waals surface area contributed by atoms with Crippen molar-refractivity contribution in [1.82, 2.24) is 15.2 Å². The minimum Gasteiger partial charge on any atom is -0.384 e. The molecule has 0 amide bonds. The summed E-state index contributed by atoms with van der Waals surface area (Å²) in [4.78, 5) is 19.2. The number of aromatic amines is 1. The van der Waals surface area contributed by atoms with Gasteiger partial charge in [-0.15, -0.1) is 0 Å². The van der Waals surface area contributed by atoms with Gasteiger partial charge in [0.2, 0.25) is 5.95 Å². The SMILES string of the molecule is Cc1ccc(C2C(C#N)=C(N)N(c3ncn[nH]3)C3=C2C(=O)CC(C)(C)C3)cc1. The fourth-order valence-electron chi connectivity index (χ4n) is 4.15. The smallest absolute Gasteiger partial charge is 0.231 e. The number of nitrogens with two attached hydrogens (primary N) is 1. The Morgan fingerprint density at radius 1 is 1.29 bits per heavy atom. The van der Waals surface area contributed by atoms with E-state index in [4.69, 9.17) is 5.73 Å². The molecule has 3 N–H and O–H groups in total. The van der Waals surface area contributed by atoms with Crippen molar-refractivity contribution in [1.29, 1.82) is 5.26 Å². The molecule has 28 heavy (non-hydrogen) atoms. The molecule has 0 saturated heterocycles. The van der Waals surface area contributed by atoms with Crippen molar-refractivity contribution in [3.63, 3.8) is 0 Å². The Balaban J connectivity index is 1.99. The molecule has 4 rings (SSSR count). The number of anilines is 1. The van der Waals surface area contributed by atoms with Crippen LogP contribution in [0.25, 0.3) is 0 Å². The van der Waals surface area contributed by atoms with Crippen LogP contribution < -0.4 is 10.6 Å². The van der Waals surface area contributed by atoms with Gasteiger partial charge in [-0.2, -0.15) is 15.3 Å². The Hall–Kier alpha value is -3.40. The number of nitrogens with zero attached hydrogens (tertiary/aromatic N) is 4. The van der Waals surface area contributed by atoms with Gasteiger partial charge in [0.1, 0.15) is 12.1 Å². The number of benzene rings is 1. The average molecular weight is 374 g/mol. The average Bonchev–Trinajstić information content (AvgIpc) is 3.14. The van der Waals surface area contributed by atoms with Gasteiger partial charge in [-0.1, -0.05) is 43.7 Å². The van der Waals surface area contributed by atoms with Gasteiger partial charge in [-0.25, -0.2) is 5.10 Å². The molecule has 7 nitrogen and oxygen atoms in total. The number of H-pyrrole nitrogens is 1. The van der Waals surface area contributed by atoms with Crippen LogP contribution in [0.2, 0.25) is 0 Å². The molecule has 1 unspecified atom stereocenters. The number of hydrogen-bond donors (Lipinski definition) is 2. The van der Waals surface area contributed by atoms with Gasteiger partial charge < -0.3 is 5.73 Å². The van der Waals surface area contributed by atoms with Gasteiger partial charge in [-0.05, 0) is 24.3 Å². The van der Waals surface area contributed by atoms with E-state index in [1.54, 1.807) is 4.90 Å². The van der Waals surface area contributed by atoms with E-state index in [0.717, 1.165) is 16.8 Å². The molecule has 0 saturated carbocycles. The number of rotatable bonds is 2. The van der Waals surface area contributed by atoms with Gasteiger partial charge in [0, 0.05) is 17.7 Å². The van der Waals surface area contributed by atoms with Gasteiger partial charge >= 0.3 is 0 Å². The van der Waals surface area contributed by atoms with Crippen molar-refractivity contribution in [2.24, 2.45) is 11.1 Å². The highest BCUT2D eigenvalue weighted by atomic mass is 16.1. The molecule has 2 heterocycles. The molecule has 2 aliphatic rings. The molecule has 0 spiro atoms. The molecular weight excluding hydrogens is 352 g/mol. The Morgan fingerprint density at radius 2 is 2.00 bits per heavy atom. The second kappa shape index (κ2) is 6.34. The minimum absolute atomic E-state index is 0.0431. The van der Waals surface area contributed by atoms with Crippen LogP contribution in [0.15, 0.2) is 53.3 Å². The fraction of sp³-hybridized carbons (Fsp3) is 0.333. The second-order valence-electron chi connectivity index (χ2n) is 8.20. The molecule has 1 aliphatic carbocycles. The number of hydrogen-bond acceptors (Lipinski definition) is 6. The van der Waals surface area contributed by atoms with E-state index in [1.807, 2.05) is 31.2 Å². The highest BCUT2D eigenvalue weighted by Crippen LogP contribution is 2.49. The molecular formula is C21H22N6O. The first-order valence-electron chi connectivity index (χ1n) is 9.20. The quantitative estimate of drug-likeness (QED) is 0.835. The van der Waals surface area contributed by atoms with E-state index in [9.17, 15) is 10.1 Å². The van der Waals surface area contributed by atoms with Gasteiger partial charge in [-0.3, -0.25) is 9.69 Å². The summed E-state index contributed by atoms with van der Waals surface area (Å²) in [5.74, 6) is 0.268. The topological polar surface area (TPSA) is 112 Å². The monoisotopic (exact) mass is 374 g/mol. The minimum atomic E-state index is -0.469. The van der Waals surface area contributed by atoms with E-state index >= 15 is 0 Å². The first-order chi connectivity index (χ1) is 13.3. The van der Waals surface area contributed by atoms with Crippen LogP contribution in [0.4, 0.5) is 5.95 Å². The van der Waals surface area contributed by atoms with Crippen LogP contribution in [0.1, 0.15) is 43.7 Å². The van der Waals surface area contributed by atoms with Crippen LogP contribution in [-0.2, 0) is 4.79 Å². The van der Waals surface area contributed by atoms with Crippen LogP contribution in [0.5, 0.6) is 0 Å². The van der Waals surface area contributed by atoms with Crippen molar-refractivity contribution in [3.8, 4) is 6.07 Å². The lowest BCUT2D eigenvalue weighted by Gasteiger charge is -2.42. The van der Waals surface area contributed by atoms with Gasteiger partial charge in [0.15, 0.2) is 5.78 Å². The van der Waals surface area contributed by atoms with Crippen LogP contribution in [-0.4, -0.2) is 21.0 Å². The second-order valence-corrected chi connectivity index (χ2v) is 8.20. The van der Waals surface area contributed by atoms with Crippen molar-refractivity contribution in [2.75, 3.05) is 4.90 Å². The van der Waals surface area contributed by atoms with E-state index in [0.29, 0.717) is 29.9 Å². The molecule has 142 valence electrons. The molecule has 0 radical (unpaired) electrons. The molecule has 2 aromatic rings. The normalized spacial score (nSPS) is 21.6. The van der Waals surface area contributed by atoms with E-state index < -0.39 is 5.92 Å². The molecule has 0 fully saturated rings. The van der Waals surface area contributed by atoms with E-state index in [-0.39, 0.29) is 17.0 Å². The summed E-state index contributed by atoms with van der Waals surface area (Å²) >= 11 is 0. The van der Waals surface area contributed by atoms with Crippen molar-refractivity contribution in [2.45, 2.75) is 39.5 Å². The number of carbonyl (C=O) groups is 1. The van der Waals surface area contributed by atoms with Crippen LogP contribution in [0.3, 0.4) is 0 Å². The predicted octanol–water partition coefficient (Wildman–Crippen LogP) is 3.05. The largest absolute Gasteiger partial charge is 0.384 e. The third-order valence-corrected chi connectivity index (χ3v) is 5.41. The van der Waals surface area contributed by atoms with Crippen molar-refractivity contribution in [3.05, 3.63) is 64.4 Å². The zero-order chi connectivity index (χ0) is 20.1. The third kappa shape index (κ3) is 2.78. The van der Waals surface area contributed by atoms with Gasteiger partial charge in [0.25, 0.3) is 0 Å². The maximum atomic E-state index is 13.3. The summed E-state index contributed by atoms with van der Waals surface area (Å²) in [5.41, 5.74) is 10.0. The number of aromatic nitrogens is 3. The number of carbonyl (C=O) groups excluding carboxylic acids is 1. The van der Waals surface area contributed by atoms with Crippen molar-refractivity contribution >= 4 is 11.7 Å². The first kappa shape index (κ1) is 18.0. The Morgan fingerprint density at radius 3 is 2.61 bits per heavy atom. The van der Waals surface area contributed by atoms with Crippen molar-refractivity contribution < 1.29 is 4.79 Å². The number of aryl methyl sites for hydroxylation is 1.